The summed E-state index contributed by atoms with van der Waals surface area (Å²) in [7, 11) is 1.37. The minimum atomic E-state index is -0.820. The van der Waals surface area contributed by atoms with Crippen molar-refractivity contribution in [2.24, 2.45) is 23.7 Å². The van der Waals surface area contributed by atoms with Crippen LogP contribution in [-0.2, 0) is 9.59 Å². The van der Waals surface area contributed by atoms with E-state index in [2.05, 4.69) is 10.6 Å². The molecular formula is C26H35FN2O6. The fraction of sp³-hybridized carbons (Fsp3) is 0.654. The Kier molecular flexibility index (Phi) is 7.52. The summed E-state index contributed by atoms with van der Waals surface area (Å²) in [6.45, 7) is 3.83. The van der Waals surface area contributed by atoms with E-state index < -0.39 is 23.6 Å². The molecule has 3 saturated carbocycles. The SMILES string of the molecule is COc1cc(F)c(OC2CCC(C(=O)O)CC2)cc1C(=O)N[C@@H]1[C@H]2CC[C@H](C2)[C@@H]1C(=O)NC(C)C. The minimum absolute atomic E-state index is 0.0143. The molecule has 192 valence electrons. The number of methoxy groups -OCH3 is 1. The maximum absolute atomic E-state index is 14.8. The van der Waals surface area contributed by atoms with Gasteiger partial charge in [0.05, 0.1) is 30.6 Å². The van der Waals surface area contributed by atoms with Crippen LogP contribution in [0.15, 0.2) is 12.1 Å². The van der Waals surface area contributed by atoms with Crippen LogP contribution in [0.3, 0.4) is 0 Å². The summed E-state index contributed by atoms with van der Waals surface area (Å²) in [4.78, 5) is 37.4. The highest BCUT2D eigenvalue weighted by Crippen LogP contribution is 2.49. The van der Waals surface area contributed by atoms with Gasteiger partial charge in [-0.2, -0.15) is 0 Å². The molecular weight excluding hydrogens is 455 g/mol. The zero-order valence-corrected chi connectivity index (χ0v) is 20.5. The first-order valence-electron chi connectivity index (χ1n) is 12.6. The van der Waals surface area contributed by atoms with Crippen molar-refractivity contribution in [2.45, 2.75) is 77.0 Å². The van der Waals surface area contributed by atoms with Crippen LogP contribution in [0.4, 0.5) is 4.39 Å². The predicted molar refractivity (Wildman–Crippen MR) is 126 cm³/mol. The fourth-order valence-electron chi connectivity index (χ4n) is 6.07. The van der Waals surface area contributed by atoms with E-state index in [-0.39, 0.29) is 58.9 Å². The highest BCUT2D eigenvalue weighted by Gasteiger charge is 2.51. The van der Waals surface area contributed by atoms with Crippen molar-refractivity contribution in [3.05, 3.63) is 23.5 Å². The molecule has 3 N–H and O–H groups in total. The third kappa shape index (κ3) is 5.38. The first-order valence-corrected chi connectivity index (χ1v) is 12.6. The van der Waals surface area contributed by atoms with Crippen LogP contribution in [0.1, 0.15) is 69.2 Å². The van der Waals surface area contributed by atoms with Crippen LogP contribution < -0.4 is 20.1 Å². The summed E-state index contributed by atoms with van der Waals surface area (Å²) in [6, 6.07) is 2.21. The van der Waals surface area contributed by atoms with E-state index in [9.17, 15) is 23.9 Å². The maximum Gasteiger partial charge on any atom is 0.306 e. The lowest BCUT2D eigenvalue weighted by Crippen LogP contribution is -2.50. The summed E-state index contributed by atoms with van der Waals surface area (Å²) < 4.78 is 25.9. The van der Waals surface area contributed by atoms with Gasteiger partial charge in [-0.25, -0.2) is 4.39 Å². The molecule has 35 heavy (non-hydrogen) atoms. The van der Waals surface area contributed by atoms with Crippen LogP contribution in [0.25, 0.3) is 0 Å². The quantitative estimate of drug-likeness (QED) is 0.514. The van der Waals surface area contributed by atoms with E-state index in [0.717, 1.165) is 25.3 Å². The first kappa shape index (κ1) is 25.3. The van der Waals surface area contributed by atoms with Crippen molar-refractivity contribution in [3.63, 3.8) is 0 Å². The molecule has 4 atom stereocenters. The largest absolute Gasteiger partial charge is 0.496 e. The fourth-order valence-corrected chi connectivity index (χ4v) is 6.07. The third-order valence-electron chi connectivity index (χ3n) is 7.76. The Morgan fingerprint density at radius 2 is 1.71 bits per heavy atom. The summed E-state index contributed by atoms with van der Waals surface area (Å²) in [5.74, 6) is -2.11. The van der Waals surface area contributed by atoms with Gasteiger partial charge in [-0.1, -0.05) is 0 Å². The van der Waals surface area contributed by atoms with Gasteiger partial charge in [-0.05, 0) is 76.7 Å². The Bertz CT molecular complexity index is 975. The Balaban J connectivity index is 1.50. The van der Waals surface area contributed by atoms with Crippen molar-refractivity contribution in [1.82, 2.24) is 10.6 Å². The van der Waals surface area contributed by atoms with Crippen molar-refractivity contribution in [2.75, 3.05) is 7.11 Å². The Hall–Kier alpha value is -2.84. The smallest absolute Gasteiger partial charge is 0.306 e. The molecule has 9 heteroatoms. The molecule has 3 aliphatic rings. The van der Waals surface area contributed by atoms with Crippen LogP contribution in [0, 0.1) is 29.5 Å². The molecule has 0 unspecified atom stereocenters. The second-order valence-electron chi connectivity index (χ2n) is 10.4. The van der Waals surface area contributed by atoms with E-state index >= 15 is 0 Å². The average Bonchev–Trinajstić information content (AvgIpc) is 3.41. The molecule has 1 aromatic carbocycles. The number of amides is 2. The molecule has 0 aromatic heterocycles. The van der Waals surface area contributed by atoms with Crippen molar-refractivity contribution in [1.29, 1.82) is 0 Å². The van der Waals surface area contributed by atoms with E-state index in [0.29, 0.717) is 25.7 Å². The third-order valence-corrected chi connectivity index (χ3v) is 7.76. The summed E-state index contributed by atoms with van der Waals surface area (Å²) >= 11 is 0. The number of aliphatic carboxylic acids is 1. The number of fused-ring (bicyclic) bond motifs is 2. The van der Waals surface area contributed by atoms with Gasteiger partial charge in [-0.3, -0.25) is 14.4 Å². The lowest BCUT2D eigenvalue weighted by atomic mass is 9.83. The van der Waals surface area contributed by atoms with Crippen LogP contribution in [-0.4, -0.2) is 48.2 Å². The molecule has 8 nitrogen and oxygen atoms in total. The number of carbonyl (C=O) groups excluding carboxylic acids is 2. The minimum Gasteiger partial charge on any atom is -0.496 e. The average molecular weight is 491 g/mol. The highest BCUT2D eigenvalue weighted by atomic mass is 19.1. The standard InChI is InChI=1S/C26H35FN2O6/c1-13(2)28-25(31)22-15-4-5-16(10-15)23(22)29-24(30)18-11-21(19(27)12-20(18)34-3)35-17-8-6-14(7-9-17)26(32)33/h11-17,22-23H,4-10H2,1-3H3,(H,28,31)(H,29,30)(H,32,33)/t14?,15-,16+,17?,22+,23-/m1/s1. The van der Waals surface area contributed by atoms with Gasteiger partial charge in [0.25, 0.3) is 5.91 Å². The van der Waals surface area contributed by atoms with Gasteiger partial charge in [0, 0.05) is 18.2 Å². The zero-order valence-electron chi connectivity index (χ0n) is 20.5. The number of carboxylic acids is 1. The molecule has 0 radical (unpaired) electrons. The van der Waals surface area contributed by atoms with Gasteiger partial charge in [0.2, 0.25) is 5.91 Å². The second-order valence-corrected chi connectivity index (χ2v) is 10.4. The lowest BCUT2D eigenvalue weighted by molar-refractivity contribution is -0.143. The van der Waals surface area contributed by atoms with Crippen molar-refractivity contribution in [3.8, 4) is 11.5 Å². The number of hydrogen-bond acceptors (Lipinski definition) is 5. The van der Waals surface area contributed by atoms with Crippen LogP contribution >= 0.6 is 0 Å². The number of ether oxygens (including phenoxy) is 2. The molecule has 3 aliphatic carbocycles. The van der Waals surface area contributed by atoms with Gasteiger partial charge >= 0.3 is 5.97 Å². The van der Waals surface area contributed by atoms with Gasteiger partial charge < -0.3 is 25.2 Å². The molecule has 0 saturated heterocycles. The topological polar surface area (TPSA) is 114 Å². The number of nitrogens with one attached hydrogen (secondary N) is 2. The van der Waals surface area contributed by atoms with Crippen molar-refractivity contribution >= 4 is 17.8 Å². The normalized spacial score (nSPS) is 29.6. The molecule has 0 heterocycles. The molecule has 2 amide bonds. The van der Waals surface area contributed by atoms with Crippen molar-refractivity contribution < 1.29 is 33.4 Å². The van der Waals surface area contributed by atoms with E-state index in [1.165, 1.54) is 13.2 Å². The Labute approximate surface area is 204 Å². The molecule has 2 bridgehead atoms. The summed E-state index contributed by atoms with van der Waals surface area (Å²) in [6.07, 6.45) is 4.48. The Morgan fingerprint density at radius 1 is 1.03 bits per heavy atom. The highest BCUT2D eigenvalue weighted by molar-refractivity contribution is 5.98. The van der Waals surface area contributed by atoms with E-state index in [1.807, 2.05) is 13.8 Å². The number of hydrogen-bond donors (Lipinski definition) is 3. The van der Waals surface area contributed by atoms with Crippen LogP contribution in [0.5, 0.6) is 11.5 Å². The molecule has 1 aromatic rings. The van der Waals surface area contributed by atoms with Gasteiger partial charge in [-0.15, -0.1) is 0 Å². The monoisotopic (exact) mass is 490 g/mol. The van der Waals surface area contributed by atoms with E-state index in [4.69, 9.17) is 9.47 Å². The second kappa shape index (κ2) is 10.4. The van der Waals surface area contributed by atoms with Gasteiger partial charge in [0.15, 0.2) is 11.6 Å². The summed E-state index contributed by atoms with van der Waals surface area (Å²) in [5, 5.41) is 15.2. The number of halogens is 1. The molecule has 3 fully saturated rings. The van der Waals surface area contributed by atoms with E-state index in [1.54, 1.807) is 0 Å². The van der Waals surface area contributed by atoms with Crippen LogP contribution in [0.2, 0.25) is 0 Å². The lowest BCUT2D eigenvalue weighted by Gasteiger charge is -2.31. The maximum atomic E-state index is 14.8. The molecule has 4 rings (SSSR count). The Morgan fingerprint density at radius 3 is 2.34 bits per heavy atom. The number of benzene rings is 1. The van der Waals surface area contributed by atoms with Gasteiger partial charge in [0.1, 0.15) is 5.75 Å². The number of carboxylic acid groups (broad SMARTS) is 1. The number of rotatable bonds is 8. The molecule has 0 spiro atoms. The molecule has 0 aliphatic heterocycles. The summed E-state index contributed by atoms with van der Waals surface area (Å²) in [5.41, 5.74) is 0.147. The first-order chi connectivity index (χ1) is 16.7. The predicted octanol–water partition coefficient (Wildman–Crippen LogP) is 3.53. The zero-order chi connectivity index (χ0) is 25.3. The number of carbonyl (C=O) groups is 3.